The topological polar surface area (TPSA) is 52.7 Å². The first kappa shape index (κ1) is 16.6. The van der Waals surface area contributed by atoms with Gasteiger partial charge in [-0.3, -0.25) is 4.79 Å². The Morgan fingerprint density at radius 2 is 1.65 bits per heavy atom. The van der Waals surface area contributed by atoms with E-state index in [1.807, 2.05) is 53.4 Å². The standard InChI is InChI=1S/C21H23N3O2/c25-20-13-18(15-24(20)19-9-5-2-6-10-19)22-21(26)23-12-11-17(14-23)16-7-3-1-4-8-16/h1-10,17-18H,11-15H2,(H,22,26)/t17-,18-/m1/s1. The van der Waals surface area contributed by atoms with E-state index in [9.17, 15) is 9.59 Å². The van der Waals surface area contributed by atoms with E-state index in [2.05, 4.69) is 17.4 Å². The van der Waals surface area contributed by atoms with Gasteiger partial charge in [0.15, 0.2) is 0 Å². The molecule has 2 atom stereocenters. The molecule has 2 saturated heterocycles. The van der Waals surface area contributed by atoms with Crippen LogP contribution in [0.5, 0.6) is 0 Å². The fourth-order valence-corrected chi connectivity index (χ4v) is 3.87. The number of hydrogen-bond donors (Lipinski definition) is 1. The van der Waals surface area contributed by atoms with Crippen molar-refractivity contribution >= 4 is 17.6 Å². The molecule has 2 aliphatic rings. The van der Waals surface area contributed by atoms with Gasteiger partial charge in [-0.15, -0.1) is 0 Å². The third-order valence-electron chi connectivity index (χ3n) is 5.27. The molecule has 5 heteroatoms. The van der Waals surface area contributed by atoms with E-state index in [1.165, 1.54) is 5.56 Å². The summed E-state index contributed by atoms with van der Waals surface area (Å²) < 4.78 is 0. The molecule has 0 saturated carbocycles. The molecule has 0 aliphatic carbocycles. The summed E-state index contributed by atoms with van der Waals surface area (Å²) in [4.78, 5) is 28.5. The number of nitrogens with one attached hydrogen (secondary N) is 1. The Labute approximate surface area is 153 Å². The highest BCUT2D eigenvalue weighted by Crippen LogP contribution is 2.27. The van der Waals surface area contributed by atoms with Crippen molar-refractivity contribution in [1.29, 1.82) is 0 Å². The van der Waals surface area contributed by atoms with Crippen LogP contribution in [-0.4, -0.2) is 42.5 Å². The van der Waals surface area contributed by atoms with Gasteiger partial charge in [0.05, 0.1) is 6.04 Å². The van der Waals surface area contributed by atoms with Crippen molar-refractivity contribution in [2.24, 2.45) is 0 Å². The van der Waals surface area contributed by atoms with E-state index < -0.39 is 0 Å². The number of para-hydroxylation sites is 1. The van der Waals surface area contributed by atoms with Gasteiger partial charge in [-0.1, -0.05) is 48.5 Å². The number of carbonyl (C=O) groups excluding carboxylic acids is 2. The van der Waals surface area contributed by atoms with Crippen molar-refractivity contribution in [3.63, 3.8) is 0 Å². The number of amides is 3. The van der Waals surface area contributed by atoms with Crippen LogP contribution in [0.4, 0.5) is 10.5 Å². The van der Waals surface area contributed by atoms with Crippen LogP contribution in [0.1, 0.15) is 24.3 Å². The van der Waals surface area contributed by atoms with Gasteiger partial charge >= 0.3 is 6.03 Å². The van der Waals surface area contributed by atoms with Gasteiger partial charge < -0.3 is 15.1 Å². The van der Waals surface area contributed by atoms with Crippen molar-refractivity contribution in [3.8, 4) is 0 Å². The summed E-state index contributed by atoms with van der Waals surface area (Å²) in [6.45, 7) is 2.03. The average molecular weight is 349 g/mol. The second-order valence-corrected chi connectivity index (χ2v) is 7.03. The Balaban J connectivity index is 1.34. The zero-order chi connectivity index (χ0) is 17.9. The Morgan fingerprint density at radius 3 is 2.38 bits per heavy atom. The zero-order valence-electron chi connectivity index (χ0n) is 14.7. The number of carbonyl (C=O) groups is 2. The van der Waals surface area contributed by atoms with E-state index in [4.69, 9.17) is 0 Å². The minimum absolute atomic E-state index is 0.0591. The fourth-order valence-electron chi connectivity index (χ4n) is 3.87. The lowest BCUT2D eigenvalue weighted by Crippen LogP contribution is -2.44. The monoisotopic (exact) mass is 349 g/mol. The van der Waals surface area contributed by atoms with Crippen LogP contribution in [0, 0.1) is 0 Å². The summed E-state index contributed by atoms with van der Waals surface area (Å²) in [6, 6.07) is 19.8. The second-order valence-electron chi connectivity index (χ2n) is 7.03. The van der Waals surface area contributed by atoms with E-state index in [-0.39, 0.29) is 18.0 Å². The number of likely N-dealkylation sites (tertiary alicyclic amines) is 1. The summed E-state index contributed by atoms with van der Waals surface area (Å²) in [6.07, 6.45) is 1.34. The van der Waals surface area contributed by atoms with Crippen molar-refractivity contribution in [1.82, 2.24) is 10.2 Å². The Bertz CT molecular complexity index is 778. The Kier molecular flexibility index (Phi) is 4.61. The molecule has 5 nitrogen and oxygen atoms in total. The number of urea groups is 1. The van der Waals surface area contributed by atoms with Gasteiger partial charge in [-0.25, -0.2) is 4.79 Å². The average Bonchev–Trinajstić information content (AvgIpc) is 3.30. The third-order valence-corrected chi connectivity index (χ3v) is 5.27. The quantitative estimate of drug-likeness (QED) is 0.926. The third kappa shape index (κ3) is 3.43. The molecule has 3 amide bonds. The Hall–Kier alpha value is -2.82. The van der Waals surface area contributed by atoms with E-state index in [0.29, 0.717) is 18.9 Å². The second kappa shape index (κ2) is 7.20. The number of rotatable bonds is 3. The predicted octanol–water partition coefficient (Wildman–Crippen LogP) is 2.99. The smallest absolute Gasteiger partial charge is 0.317 e. The molecule has 2 heterocycles. The molecule has 2 fully saturated rings. The highest BCUT2D eigenvalue weighted by Gasteiger charge is 2.34. The molecule has 26 heavy (non-hydrogen) atoms. The van der Waals surface area contributed by atoms with E-state index in [1.54, 1.807) is 4.90 Å². The number of benzene rings is 2. The highest BCUT2D eigenvalue weighted by molar-refractivity contribution is 5.96. The van der Waals surface area contributed by atoms with Gasteiger partial charge in [0.25, 0.3) is 0 Å². The number of anilines is 1. The summed E-state index contributed by atoms with van der Waals surface area (Å²) in [7, 11) is 0. The molecule has 2 aromatic carbocycles. The summed E-state index contributed by atoms with van der Waals surface area (Å²) in [5.41, 5.74) is 2.17. The van der Waals surface area contributed by atoms with Crippen molar-refractivity contribution in [3.05, 3.63) is 66.2 Å². The van der Waals surface area contributed by atoms with Crippen LogP contribution < -0.4 is 10.2 Å². The molecular weight excluding hydrogens is 326 g/mol. The van der Waals surface area contributed by atoms with Gasteiger partial charge in [-0.05, 0) is 24.1 Å². The number of nitrogens with zero attached hydrogens (tertiary/aromatic N) is 2. The lowest BCUT2D eigenvalue weighted by Gasteiger charge is -2.21. The SMILES string of the molecule is O=C(N[C@@H]1CC(=O)N(c2ccccc2)C1)N1CC[C@@H](c2ccccc2)C1. The van der Waals surface area contributed by atoms with Crippen LogP contribution in [0.2, 0.25) is 0 Å². The summed E-state index contributed by atoms with van der Waals surface area (Å²) in [5.74, 6) is 0.457. The van der Waals surface area contributed by atoms with Crippen LogP contribution >= 0.6 is 0 Å². The normalized spacial score (nSPS) is 22.7. The molecule has 134 valence electrons. The van der Waals surface area contributed by atoms with Crippen LogP contribution in [0.25, 0.3) is 0 Å². The van der Waals surface area contributed by atoms with Crippen LogP contribution in [0.3, 0.4) is 0 Å². The maximum Gasteiger partial charge on any atom is 0.317 e. The molecule has 0 spiro atoms. The Morgan fingerprint density at radius 1 is 0.962 bits per heavy atom. The molecule has 0 bridgehead atoms. The van der Waals surface area contributed by atoms with Gasteiger partial charge in [0.1, 0.15) is 0 Å². The molecule has 2 aromatic rings. The minimum atomic E-state index is -0.133. The van der Waals surface area contributed by atoms with Gasteiger partial charge in [0.2, 0.25) is 5.91 Å². The van der Waals surface area contributed by atoms with Crippen molar-refractivity contribution in [2.75, 3.05) is 24.5 Å². The minimum Gasteiger partial charge on any atom is -0.333 e. The van der Waals surface area contributed by atoms with Gasteiger partial charge in [-0.2, -0.15) is 0 Å². The lowest BCUT2D eigenvalue weighted by molar-refractivity contribution is -0.117. The molecule has 4 rings (SSSR count). The molecular formula is C21H23N3O2. The van der Waals surface area contributed by atoms with Crippen molar-refractivity contribution in [2.45, 2.75) is 24.8 Å². The summed E-state index contributed by atoms with van der Waals surface area (Å²) >= 11 is 0. The molecule has 0 aromatic heterocycles. The first-order valence-electron chi connectivity index (χ1n) is 9.16. The largest absolute Gasteiger partial charge is 0.333 e. The molecule has 0 unspecified atom stereocenters. The highest BCUT2D eigenvalue weighted by atomic mass is 16.2. The van der Waals surface area contributed by atoms with E-state index >= 15 is 0 Å². The molecule has 0 radical (unpaired) electrons. The van der Waals surface area contributed by atoms with Crippen molar-refractivity contribution < 1.29 is 9.59 Å². The molecule has 1 N–H and O–H groups in total. The van der Waals surface area contributed by atoms with E-state index in [0.717, 1.165) is 25.2 Å². The number of hydrogen-bond acceptors (Lipinski definition) is 2. The maximum atomic E-state index is 12.6. The van der Waals surface area contributed by atoms with Crippen LogP contribution in [-0.2, 0) is 4.79 Å². The maximum absolute atomic E-state index is 12.6. The van der Waals surface area contributed by atoms with Crippen LogP contribution in [0.15, 0.2) is 60.7 Å². The predicted molar refractivity (Wildman–Crippen MR) is 101 cm³/mol. The first-order valence-corrected chi connectivity index (χ1v) is 9.16. The molecule has 2 aliphatic heterocycles. The fraction of sp³-hybridized carbons (Fsp3) is 0.333. The lowest BCUT2D eigenvalue weighted by atomic mass is 9.99. The van der Waals surface area contributed by atoms with Gasteiger partial charge in [0, 0.05) is 37.7 Å². The summed E-state index contributed by atoms with van der Waals surface area (Å²) in [5, 5.41) is 3.05. The zero-order valence-corrected chi connectivity index (χ0v) is 14.7. The first-order chi connectivity index (χ1) is 12.7.